The van der Waals surface area contributed by atoms with Crippen LogP contribution < -0.4 is 5.32 Å². The average Bonchev–Trinajstić information content (AvgIpc) is 2.52. The summed E-state index contributed by atoms with van der Waals surface area (Å²) in [5.41, 5.74) is 0. The zero-order valence-electron chi connectivity index (χ0n) is 8.34. The summed E-state index contributed by atoms with van der Waals surface area (Å²) in [5, 5.41) is 3.07. The van der Waals surface area contributed by atoms with Gasteiger partial charge in [0.25, 0.3) is 0 Å². The highest BCUT2D eigenvalue weighted by molar-refractivity contribution is 7.79. The highest BCUT2D eigenvalue weighted by atomic mass is 32.3. The molecule has 0 saturated carbocycles. The molecule has 1 saturated heterocycles. The summed E-state index contributed by atoms with van der Waals surface area (Å²) in [6.07, 6.45) is 2.02. The Kier molecular flexibility index (Phi) is 6.41. The quantitative estimate of drug-likeness (QED) is 0.447. The van der Waals surface area contributed by atoms with Gasteiger partial charge in [-0.2, -0.15) is 8.42 Å². The molecule has 0 radical (unpaired) electrons. The number of rotatable bonds is 2. The van der Waals surface area contributed by atoms with Crippen molar-refractivity contribution in [3.63, 3.8) is 0 Å². The van der Waals surface area contributed by atoms with E-state index >= 15 is 0 Å². The third kappa shape index (κ3) is 9.60. The zero-order valence-corrected chi connectivity index (χ0v) is 9.16. The number of nitrogens with one attached hydrogen (secondary N) is 1. The first-order valence-electron chi connectivity index (χ1n) is 4.44. The first kappa shape index (κ1) is 14.3. The molecule has 1 atom stereocenters. The molecule has 8 heteroatoms. The molecule has 7 nitrogen and oxygen atoms in total. The van der Waals surface area contributed by atoms with Crippen LogP contribution in [0.2, 0.25) is 0 Å². The lowest BCUT2D eigenvalue weighted by atomic mass is 10.2. The van der Waals surface area contributed by atoms with Gasteiger partial charge in [-0.15, -0.1) is 0 Å². The molecule has 0 amide bonds. The van der Waals surface area contributed by atoms with E-state index in [0.29, 0.717) is 6.61 Å². The van der Waals surface area contributed by atoms with E-state index in [4.69, 9.17) is 22.3 Å². The number of hydrogen-bond acceptors (Lipinski definition) is 5. The second-order valence-corrected chi connectivity index (χ2v) is 3.74. The van der Waals surface area contributed by atoms with Gasteiger partial charge < -0.3 is 10.1 Å². The Bertz CT molecular complexity index is 274. The van der Waals surface area contributed by atoms with Crippen molar-refractivity contribution in [2.75, 3.05) is 13.2 Å². The van der Waals surface area contributed by atoms with Crippen molar-refractivity contribution in [3.8, 4) is 0 Å². The largest absolute Gasteiger partial charge is 0.465 e. The Labute approximate surface area is 88.4 Å². The third-order valence-corrected chi connectivity index (χ3v) is 1.63. The molecule has 0 spiro atoms. The highest BCUT2D eigenvalue weighted by Gasteiger charge is 2.22. The molecule has 0 aromatic heterocycles. The van der Waals surface area contributed by atoms with Crippen LogP contribution in [0.25, 0.3) is 0 Å². The summed E-state index contributed by atoms with van der Waals surface area (Å²) in [5.74, 6) is -0.0972. The lowest BCUT2D eigenvalue weighted by Crippen LogP contribution is -2.32. The Morgan fingerprint density at radius 3 is 2.40 bits per heavy atom. The maximum Gasteiger partial charge on any atom is 0.394 e. The van der Waals surface area contributed by atoms with Crippen LogP contribution in [0.5, 0.6) is 0 Å². The molecular formula is C7H15NO6S. The molecule has 1 fully saturated rings. The minimum Gasteiger partial charge on any atom is -0.465 e. The highest BCUT2D eigenvalue weighted by Crippen LogP contribution is 2.05. The standard InChI is InChI=1S/C7H13NO2.H2O4S/c1-2-10-7(9)6-4-3-5-8-6;1-5(2,3)4/h6,8H,2-5H2,1H3;(H2,1,2,3,4)/t6-;/m0./s1. The van der Waals surface area contributed by atoms with E-state index in [1.165, 1.54) is 0 Å². The molecule has 1 rings (SSSR count). The van der Waals surface area contributed by atoms with Crippen molar-refractivity contribution in [1.29, 1.82) is 0 Å². The Balaban J connectivity index is 0.000000336. The summed E-state index contributed by atoms with van der Waals surface area (Å²) < 4.78 is 36.4. The number of carbonyl (C=O) groups is 1. The zero-order chi connectivity index (χ0) is 11.9. The van der Waals surface area contributed by atoms with Crippen LogP contribution in [0, 0.1) is 0 Å². The molecule has 0 bridgehead atoms. The molecule has 3 N–H and O–H groups in total. The van der Waals surface area contributed by atoms with Crippen molar-refractivity contribution >= 4 is 16.4 Å². The van der Waals surface area contributed by atoms with Crippen LogP contribution in [-0.4, -0.2) is 42.7 Å². The molecule has 90 valence electrons. The molecule has 0 unspecified atom stereocenters. The van der Waals surface area contributed by atoms with Gasteiger partial charge in [-0.05, 0) is 26.3 Å². The SMILES string of the molecule is CCOC(=O)[C@@H]1CCCN1.O=S(=O)(O)O. The predicted molar refractivity (Wildman–Crippen MR) is 51.8 cm³/mol. The summed E-state index contributed by atoms with van der Waals surface area (Å²) in [6.45, 7) is 3.26. The third-order valence-electron chi connectivity index (χ3n) is 1.63. The van der Waals surface area contributed by atoms with E-state index in [0.717, 1.165) is 19.4 Å². The monoisotopic (exact) mass is 241 g/mol. The molecule has 1 aliphatic rings. The van der Waals surface area contributed by atoms with E-state index in [1.54, 1.807) is 0 Å². The predicted octanol–water partition coefficient (Wildman–Crippen LogP) is -0.351. The smallest absolute Gasteiger partial charge is 0.394 e. The normalized spacial score (nSPS) is 20.3. The van der Waals surface area contributed by atoms with Crippen LogP contribution in [0.15, 0.2) is 0 Å². The van der Waals surface area contributed by atoms with E-state index in [9.17, 15) is 4.79 Å². The maximum atomic E-state index is 11.0. The fourth-order valence-corrected chi connectivity index (χ4v) is 1.13. The summed E-state index contributed by atoms with van der Waals surface area (Å²) >= 11 is 0. The van der Waals surface area contributed by atoms with Crippen molar-refractivity contribution in [3.05, 3.63) is 0 Å². The number of ether oxygens (including phenoxy) is 1. The molecule has 1 heterocycles. The van der Waals surface area contributed by atoms with E-state index in [2.05, 4.69) is 5.32 Å². The topological polar surface area (TPSA) is 113 Å². The van der Waals surface area contributed by atoms with Gasteiger partial charge in [-0.1, -0.05) is 0 Å². The molecule has 1 aliphatic heterocycles. The van der Waals surface area contributed by atoms with Gasteiger partial charge in [-0.3, -0.25) is 13.9 Å². The number of esters is 1. The first-order chi connectivity index (χ1) is 6.84. The molecular weight excluding hydrogens is 226 g/mol. The average molecular weight is 241 g/mol. The van der Waals surface area contributed by atoms with Crippen molar-refractivity contribution in [1.82, 2.24) is 5.32 Å². The van der Waals surface area contributed by atoms with Gasteiger partial charge >= 0.3 is 16.4 Å². The maximum absolute atomic E-state index is 11.0. The van der Waals surface area contributed by atoms with Gasteiger partial charge in [-0.25, -0.2) is 0 Å². The lowest BCUT2D eigenvalue weighted by molar-refractivity contribution is -0.145. The van der Waals surface area contributed by atoms with Gasteiger partial charge in [0.1, 0.15) is 6.04 Å². The second-order valence-electron chi connectivity index (χ2n) is 2.85. The van der Waals surface area contributed by atoms with Crippen molar-refractivity contribution in [2.45, 2.75) is 25.8 Å². The molecule has 15 heavy (non-hydrogen) atoms. The van der Waals surface area contributed by atoms with Crippen molar-refractivity contribution < 1.29 is 27.1 Å². The number of carbonyl (C=O) groups excluding carboxylic acids is 1. The second kappa shape index (κ2) is 6.72. The van der Waals surface area contributed by atoms with Crippen LogP contribution >= 0.6 is 0 Å². The fourth-order valence-electron chi connectivity index (χ4n) is 1.13. The van der Waals surface area contributed by atoms with Crippen LogP contribution in [0.4, 0.5) is 0 Å². The molecule has 0 aliphatic carbocycles. The summed E-state index contributed by atoms with van der Waals surface area (Å²) in [7, 11) is -4.67. The lowest BCUT2D eigenvalue weighted by Gasteiger charge is -2.07. The molecule has 0 aromatic rings. The van der Waals surface area contributed by atoms with E-state index in [-0.39, 0.29) is 12.0 Å². The summed E-state index contributed by atoms with van der Waals surface area (Å²) in [6, 6.07) is -0.0278. The van der Waals surface area contributed by atoms with Gasteiger partial charge in [0.15, 0.2) is 0 Å². The van der Waals surface area contributed by atoms with Crippen LogP contribution in [0.1, 0.15) is 19.8 Å². The van der Waals surface area contributed by atoms with Crippen LogP contribution in [-0.2, 0) is 19.9 Å². The Morgan fingerprint density at radius 2 is 2.07 bits per heavy atom. The summed E-state index contributed by atoms with van der Waals surface area (Å²) in [4.78, 5) is 11.0. The Hall–Kier alpha value is -0.700. The number of hydrogen-bond donors (Lipinski definition) is 3. The van der Waals surface area contributed by atoms with Gasteiger partial charge in [0.2, 0.25) is 0 Å². The minimum absolute atomic E-state index is 0.0278. The van der Waals surface area contributed by atoms with E-state index in [1.807, 2.05) is 6.92 Å². The van der Waals surface area contributed by atoms with E-state index < -0.39 is 10.4 Å². The Morgan fingerprint density at radius 1 is 1.53 bits per heavy atom. The first-order valence-corrected chi connectivity index (χ1v) is 5.84. The van der Waals surface area contributed by atoms with Gasteiger partial charge in [0, 0.05) is 0 Å². The fraction of sp³-hybridized carbons (Fsp3) is 0.857. The van der Waals surface area contributed by atoms with Gasteiger partial charge in [0.05, 0.1) is 6.61 Å². The molecule has 0 aromatic carbocycles. The van der Waals surface area contributed by atoms with Crippen LogP contribution in [0.3, 0.4) is 0 Å². The minimum atomic E-state index is -4.67. The van der Waals surface area contributed by atoms with Crippen molar-refractivity contribution in [2.24, 2.45) is 0 Å².